The molecule has 0 bridgehead atoms. The molecule has 0 heterocycles. The second kappa shape index (κ2) is 9.98. The highest BCUT2D eigenvalue weighted by atomic mass is 16.6. The van der Waals surface area contributed by atoms with Gasteiger partial charge >= 0.3 is 0 Å². The number of nitrogens with one attached hydrogen (secondary N) is 1. The molecule has 12 nitrogen and oxygen atoms in total. The Kier molecular flexibility index (Phi) is 6.88. The number of phenolic OH excluding ortho intramolecular Hbond substituents is 1. The summed E-state index contributed by atoms with van der Waals surface area (Å²) in [5.41, 5.74) is 6.49. The molecule has 3 unspecified atom stereocenters. The summed E-state index contributed by atoms with van der Waals surface area (Å²) in [7, 11) is 4.35. The lowest BCUT2D eigenvalue weighted by Gasteiger charge is -2.52. The van der Waals surface area contributed by atoms with Crippen LogP contribution in [0.4, 0.5) is 0 Å². The van der Waals surface area contributed by atoms with E-state index in [0.29, 0.717) is 16.7 Å². The van der Waals surface area contributed by atoms with Gasteiger partial charge in [0.15, 0.2) is 34.7 Å². The van der Waals surface area contributed by atoms with Crippen LogP contribution in [0.1, 0.15) is 32.7 Å². The Morgan fingerprint density at radius 2 is 1.80 bits per heavy atom. The van der Waals surface area contributed by atoms with Gasteiger partial charge in [-0.15, -0.1) is 0 Å². The average molecular weight is 564 g/mol. The Morgan fingerprint density at radius 3 is 2.44 bits per heavy atom. The molecule has 3 aliphatic rings. The molecule has 2 aromatic carbocycles. The third kappa shape index (κ3) is 4.09. The summed E-state index contributed by atoms with van der Waals surface area (Å²) in [6, 6.07) is 8.25. The van der Waals surface area contributed by atoms with Gasteiger partial charge in [0.25, 0.3) is 5.91 Å². The smallest absolute Gasteiger partial charge is 0.274 e. The van der Waals surface area contributed by atoms with Crippen molar-refractivity contribution in [1.82, 2.24) is 10.4 Å². The lowest BCUT2D eigenvalue weighted by molar-refractivity contribution is -0.181. The standard InChI is InChI=1S/C29H29N3O9/c1-32(2)22-17-11-14-10-16-15(12-5-4-6-13(9-12)28(39)31-41-3)7-8-18(33)20(16)23(34)19(14)25(36)29(17,40)26(37)21(24(22)35)27(30)38/h4-9,14,17,19,21-22,33,40H,10-11H2,1-3H3,(H2,30,38)(H,31,39)/t14-,17-,19?,21?,22?,29-/m0/s1. The molecule has 214 valence electrons. The first-order valence-corrected chi connectivity index (χ1v) is 13.0. The molecule has 41 heavy (non-hydrogen) atoms. The van der Waals surface area contributed by atoms with Gasteiger partial charge in [-0.25, -0.2) is 5.48 Å². The number of benzene rings is 2. The first-order valence-electron chi connectivity index (χ1n) is 13.0. The third-order valence-electron chi connectivity index (χ3n) is 8.58. The molecule has 12 heteroatoms. The number of primary amides is 1. The highest BCUT2D eigenvalue weighted by Gasteiger charge is 2.69. The number of phenols is 1. The van der Waals surface area contributed by atoms with Gasteiger partial charge in [-0.2, -0.15) is 0 Å². The lowest BCUT2D eigenvalue weighted by atomic mass is 9.52. The zero-order valence-corrected chi connectivity index (χ0v) is 22.5. The van der Waals surface area contributed by atoms with Crippen molar-refractivity contribution in [2.24, 2.45) is 29.4 Å². The number of carbonyl (C=O) groups is 6. The normalized spacial score (nSPS) is 29.0. The van der Waals surface area contributed by atoms with Crippen LogP contribution in [0.3, 0.4) is 0 Å². The molecule has 0 radical (unpaired) electrons. The summed E-state index contributed by atoms with van der Waals surface area (Å²) in [5, 5.41) is 22.4. The minimum atomic E-state index is -2.78. The second-order valence-electron chi connectivity index (χ2n) is 11.0. The summed E-state index contributed by atoms with van der Waals surface area (Å²) in [6.45, 7) is 0. The number of nitrogens with zero attached hydrogens (tertiary/aromatic N) is 1. The van der Waals surface area contributed by atoms with Crippen molar-refractivity contribution in [2.75, 3.05) is 21.2 Å². The number of hydrogen-bond acceptors (Lipinski definition) is 10. The van der Waals surface area contributed by atoms with Crippen LogP contribution in [-0.4, -0.2) is 82.9 Å². The number of fused-ring (bicyclic) bond motifs is 3. The summed E-state index contributed by atoms with van der Waals surface area (Å²) in [5.74, 6) is -11.6. The molecule has 5 N–H and O–H groups in total. The topological polar surface area (TPSA) is 193 Å². The number of ketones is 4. The van der Waals surface area contributed by atoms with E-state index < -0.39 is 70.3 Å². The number of hydrogen-bond donors (Lipinski definition) is 4. The van der Waals surface area contributed by atoms with E-state index in [4.69, 9.17) is 10.6 Å². The number of likely N-dealkylation sites (N-methyl/N-ethyl adjacent to an activating group) is 1. The quantitative estimate of drug-likeness (QED) is 0.280. The van der Waals surface area contributed by atoms with Crippen LogP contribution in [0.2, 0.25) is 0 Å². The van der Waals surface area contributed by atoms with E-state index in [0.717, 1.165) is 0 Å². The van der Waals surface area contributed by atoms with Crippen molar-refractivity contribution in [2.45, 2.75) is 24.5 Å². The number of aliphatic hydroxyl groups is 1. The molecular weight excluding hydrogens is 534 g/mol. The number of rotatable bonds is 5. The van der Waals surface area contributed by atoms with Gasteiger partial charge in [0.05, 0.1) is 24.6 Å². The largest absolute Gasteiger partial charge is 0.507 e. The fourth-order valence-electron chi connectivity index (χ4n) is 6.85. The highest BCUT2D eigenvalue weighted by Crippen LogP contribution is 2.51. The highest BCUT2D eigenvalue weighted by molar-refractivity contribution is 6.32. The maximum atomic E-state index is 13.9. The first-order chi connectivity index (χ1) is 19.3. The molecule has 5 rings (SSSR count). The average Bonchev–Trinajstić information content (AvgIpc) is 2.90. The Labute approximate surface area is 234 Å². The zero-order valence-electron chi connectivity index (χ0n) is 22.5. The Bertz CT molecular complexity index is 1530. The maximum Gasteiger partial charge on any atom is 0.274 e. The van der Waals surface area contributed by atoms with Crippen molar-refractivity contribution in [1.29, 1.82) is 0 Å². The number of amides is 2. The minimum Gasteiger partial charge on any atom is -0.507 e. The van der Waals surface area contributed by atoms with Crippen molar-refractivity contribution in [3.05, 3.63) is 53.1 Å². The van der Waals surface area contributed by atoms with Gasteiger partial charge in [-0.1, -0.05) is 18.2 Å². The minimum absolute atomic E-state index is 0.0602. The van der Waals surface area contributed by atoms with Crippen LogP contribution in [-0.2, 0) is 30.4 Å². The van der Waals surface area contributed by atoms with Crippen LogP contribution in [0.25, 0.3) is 11.1 Å². The van der Waals surface area contributed by atoms with E-state index >= 15 is 0 Å². The van der Waals surface area contributed by atoms with E-state index in [9.17, 15) is 39.0 Å². The molecule has 0 spiro atoms. The summed E-state index contributed by atoms with van der Waals surface area (Å²) in [4.78, 5) is 85.0. The van der Waals surface area contributed by atoms with Gasteiger partial charge in [0.2, 0.25) is 5.91 Å². The Hall–Kier alpha value is -4.26. The predicted octanol–water partition coefficient (Wildman–Crippen LogP) is -0.175. The fraction of sp³-hybridized carbons (Fsp3) is 0.379. The number of aromatic hydroxyl groups is 1. The second-order valence-corrected chi connectivity index (χ2v) is 11.0. The van der Waals surface area contributed by atoms with Crippen molar-refractivity contribution in [3.8, 4) is 16.9 Å². The Morgan fingerprint density at radius 1 is 1.10 bits per heavy atom. The number of hydroxylamine groups is 1. The van der Waals surface area contributed by atoms with E-state index in [1.165, 1.54) is 32.2 Å². The van der Waals surface area contributed by atoms with Crippen molar-refractivity contribution < 1.29 is 43.8 Å². The molecule has 0 saturated heterocycles. The van der Waals surface area contributed by atoms with Crippen LogP contribution in [0, 0.1) is 23.7 Å². The molecule has 3 aliphatic carbocycles. The van der Waals surface area contributed by atoms with E-state index in [1.54, 1.807) is 30.3 Å². The number of nitrogens with two attached hydrogens (primary N) is 1. The Balaban J connectivity index is 1.63. The van der Waals surface area contributed by atoms with Gasteiger partial charge in [0, 0.05) is 11.5 Å². The zero-order chi connectivity index (χ0) is 30.0. The van der Waals surface area contributed by atoms with Crippen LogP contribution < -0.4 is 11.2 Å². The molecule has 2 saturated carbocycles. The van der Waals surface area contributed by atoms with E-state index in [-0.39, 0.29) is 29.7 Å². The summed E-state index contributed by atoms with van der Waals surface area (Å²) >= 11 is 0. The van der Waals surface area contributed by atoms with Gasteiger partial charge in [-0.05, 0) is 67.7 Å². The summed E-state index contributed by atoms with van der Waals surface area (Å²) < 4.78 is 0. The lowest BCUT2D eigenvalue weighted by Crippen LogP contribution is -2.74. The third-order valence-corrected chi connectivity index (χ3v) is 8.58. The molecule has 0 aromatic heterocycles. The number of carbonyl (C=O) groups excluding carboxylic acids is 6. The monoisotopic (exact) mass is 563 g/mol. The SMILES string of the molecule is CONC(=O)c1cccc(-c2ccc(O)c3c2C[C@H]2C[C@H]4C(N(C)C)C(=O)C(C(N)=O)C(=O)[C@@]4(O)C(=O)C2C3=O)c1. The number of Topliss-reactive ketones (excluding diaryl/α,β-unsaturated/α-hetero) is 4. The molecule has 0 aliphatic heterocycles. The van der Waals surface area contributed by atoms with Crippen LogP contribution in [0.15, 0.2) is 36.4 Å². The van der Waals surface area contributed by atoms with Gasteiger partial charge in [-0.3, -0.25) is 38.5 Å². The van der Waals surface area contributed by atoms with Crippen molar-refractivity contribution in [3.63, 3.8) is 0 Å². The first kappa shape index (κ1) is 28.3. The van der Waals surface area contributed by atoms with E-state index in [1.807, 2.05) is 0 Å². The van der Waals surface area contributed by atoms with Crippen LogP contribution >= 0.6 is 0 Å². The van der Waals surface area contributed by atoms with Gasteiger partial charge < -0.3 is 15.9 Å². The van der Waals surface area contributed by atoms with Crippen molar-refractivity contribution >= 4 is 34.9 Å². The van der Waals surface area contributed by atoms with E-state index in [2.05, 4.69) is 5.48 Å². The van der Waals surface area contributed by atoms with Gasteiger partial charge in [0.1, 0.15) is 5.75 Å². The summed E-state index contributed by atoms with van der Waals surface area (Å²) in [6.07, 6.45) is 0.0410. The molecule has 2 fully saturated rings. The molecule has 6 atom stereocenters. The van der Waals surface area contributed by atoms with Crippen LogP contribution in [0.5, 0.6) is 5.75 Å². The maximum absolute atomic E-state index is 13.9. The molecular formula is C29H29N3O9. The molecule has 2 amide bonds. The molecule has 2 aromatic rings. The fourth-order valence-corrected chi connectivity index (χ4v) is 6.85. The predicted molar refractivity (Wildman–Crippen MR) is 141 cm³/mol.